The van der Waals surface area contributed by atoms with Gasteiger partial charge < -0.3 is 5.32 Å². The lowest BCUT2D eigenvalue weighted by atomic mass is 10.1. The molecule has 12 heavy (non-hydrogen) atoms. The summed E-state index contributed by atoms with van der Waals surface area (Å²) in [4.78, 5) is 0. The molecular formula is C10H19NS. The molecule has 0 spiro atoms. The highest BCUT2D eigenvalue weighted by atomic mass is 32.2. The highest BCUT2D eigenvalue weighted by Gasteiger charge is 2.04. The van der Waals surface area contributed by atoms with Crippen molar-refractivity contribution in [2.45, 2.75) is 32.2 Å². The van der Waals surface area contributed by atoms with Gasteiger partial charge in [0.05, 0.1) is 0 Å². The van der Waals surface area contributed by atoms with Gasteiger partial charge in [-0.3, -0.25) is 0 Å². The number of thioether (sulfide) groups is 1. The molecule has 0 radical (unpaired) electrons. The Kier molecular flexibility index (Phi) is 8.86. The van der Waals surface area contributed by atoms with Gasteiger partial charge in [0.1, 0.15) is 0 Å². The summed E-state index contributed by atoms with van der Waals surface area (Å²) in [6, 6.07) is 0.530. The molecule has 0 aromatic carbocycles. The van der Waals surface area contributed by atoms with Gasteiger partial charge in [0.25, 0.3) is 0 Å². The molecule has 0 amide bonds. The third kappa shape index (κ3) is 6.57. The Morgan fingerprint density at radius 2 is 2.33 bits per heavy atom. The summed E-state index contributed by atoms with van der Waals surface area (Å²) in [5, 5.41) is 3.45. The van der Waals surface area contributed by atoms with E-state index in [0.29, 0.717) is 6.04 Å². The predicted molar refractivity (Wildman–Crippen MR) is 58.5 cm³/mol. The van der Waals surface area contributed by atoms with Crippen LogP contribution in [0.1, 0.15) is 26.2 Å². The molecule has 0 fully saturated rings. The Hall–Kier alpha value is -0.130. The van der Waals surface area contributed by atoms with E-state index in [1.165, 1.54) is 18.6 Å². The van der Waals surface area contributed by atoms with Crippen molar-refractivity contribution < 1.29 is 0 Å². The van der Waals surface area contributed by atoms with Crippen molar-refractivity contribution in [1.82, 2.24) is 5.32 Å². The topological polar surface area (TPSA) is 12.0 Å². The fourth-order valence-corrected chi connectivity index (χ4v) is 1.55. The molecule has 0 heterocycles. The summed E-state index contributed by atoms with van der Waals surface area (Å²) in [5.41, 5.74) is 0. The second-order valence-corrected chi connectivity index (χ2v) is 3.83. The van der Waals surface area contributed by atoms with Crippen LogP contribution < -0.4 is 5.32 Å². The van der Waals surface area contributed by atoms with E-state index in [0.717, 1.165) is 13.0 Å². The maximum atomic E-state index is 5.28. The SMILES string of the molecule is C#CCC(CCSC)NCCC. The minimum absolute atomic E-state index is 0.530. The molecular weight excluding hydrogens is 166 g/mol. The molecule has 0 saturated heterocycles. The molecule has 0 aliphatic heterocycles. The summed E-state index contributed by atoms with van der Waals surface area (Å²) in [6.45, 7) is 3.26. The van der Waals surface area contributed by atoms with E-state index in [2.05, 4.69) is 24.4 Å². The fourth-order valence-electron chi connectivity index (χ4n) is 1.03. The minimum Gasteiger partial charge on any atom is -0.313 e. The molecule has 1 N–H and O–H groups in total. The molecule has 0 saturated carbocycles. The zero-order chi connectivity index (χ0) is 9.23. The van der Waals surface area contributed by atoms with Gasteiger partial charge in [-0.2, -0.15) is 11.8 Å². The van der Waals surface area contributed by atoms with Crippen LogP contribution in [0.3, 0.4) is 0 Å². The van der Waals surface area contributed by atoms with Gasteiger partial charge in [0, 0.05) is 12.5 Å². The maximum absolute atomic E-state index is 5.28. The van der Waals surface area contributed by atoms with E-state index >= 15 is 0 Å². The van der Waals surface area contributed by atoms with Gasteiger partial charge in [-0.25, -0.2) is 0 Å². The molecule has 1 atom stereocenters. The number of terminal acetylenes is 1. The van der Waals surface area contributed by atoms with E-state index in [-0.39, 0.29) is 0 Å². The standard InChI is InChI=1S/C10H19NS/c1-4-6-10(7-9-12-3)11-8-5-2/h1,10-11H,5-9H2,2-3H3. The molecule has 1 nitrogen and oxygen atoms in total. The molecule has 2 heteroatoms. The van der Waals surface area contributed by atoms with E-state index in [9.17, 15) is 0 Å². The van der Waals surface area contributed by atoms with E-state index in [4.69, 9.17) is 6.42 Å². The van der Waals surface area contributed by atoms with Crippen molar-refractivity contribution in [3.05, 3.63) is 0 Å². The molecule has 1 unspecified atom stereocenters. The van der Waals surface area contributed by atoms with Crippen molar-refractivity contribution in [2.24, 2.45) is 0 Å². The molecule has 0 rings (SSSR count). The molecule has 0 aromatic heterocycles. The third-order valence-corrected chi connectivity index (χ3v) is 2.36. The van der Waals surface area contributed by atoms with Crippen molar-refractivity contribution in [3.63, 3.8) is 0 Å². The molecule has 0 aromatic rings. The van der Waals surface area contributed by atoms with Crippen LogP contribution in [-0.2, 0) is 0 Å². The van der Waals surface area contributed by atoms with E-state index < -0.39 is 0 Å². The van der Waals surface area contributed by atoms with E-state index in [1.807, 2.05) is 11.8 Å². The summed E-state index contributed by atoms with van der Waals surface area (Å²) >= 11 is 1.88. The highest BCUT2D eigenvalue weighted by molar-refractivity contribution is 7.98. The second kappa shape index (κ2) is 8.96. The smallest absolute Gasteiger partial charge is 0.0241 e. The zero-order valence-electron chi connectivity index (χ0n) is 8.10. The lowest BCUT2D eigenvalue weighted by Crippen LogP contribution is -2.29. The summed E-state index contributed by atoms with van der Waals surface area (Å²) < 4.78 is 0. The van der Waals surface area contributed by atoms with Gasteiger partial charge in [-0.15, -0.1) is 12.3 Å². The first-order chi connectivity index (χ1) is 5.85. The summed E-state index contributed by atoms with van der Waals surface area (Å²) in [5.74, 6) is 3.91. The number of hydrogen-bond donors (Lipinski definition) is 1. The van der Waals surface area contributed by atoms with Gasteiger partial charge in [-0.1, -0.05) is 6.92 Å². The quantitative estimate of drug-likeness (QED) is 0.610. The Morgan fingerprint density at radius 3 is 2.83 bits per heavy atom. The maximum Gasteiger partial charge on any atom is 0.0241 e. The first-order valence-electron chi connectivity index (χ1n) is 4.50. The van der Waals surface area contributed by atoms with Crippen molar-refractivity contribution >= 4 is 11.8 Å². The Labute approximate surface area is 80.7 Å². The lowest BCUT2D eigenvalue weighted by molar-refractivity contribution is 0.510. The molecule has 0 aliphatic carbocycles. The lowest BCUT2D eigenvalue weighted by Gasteiger charge is -2.14. The van der Waals surface area contributed by atoms with Crippen LogP contribution in [0.2, 0.25) is 0 Å². The van der Waals surface area contributed by atoms with Crippen LogP contribution in [-0.4, -0.2) is 24.6 Å². The van der Waals surface area contributed by atoms with Gasteiger partial charge >= 0.3 is 0 Å². The van der Waals surface area contributed by atoms with Crippen molar-refractivity contribution in [3.8, 4) is 12.3 Å². The molecule has 0 bridgehead atoms. The fraction of sp³-hybridized carbons (Fsp3) is 0.800. The van der Waals surface area contributed by atoms with Gasteiger partial charge in [0.2, 0.25) is 0 Å². The van der Waals surface area contributed by atoms with Gasteiger partial charge in [-0.05, 0) is 31.4 Å². The minimum atomic E-state index is 0.530. The zero-order valence-corrected chi connectivity index (χ0v) is 8.91. The Morgan fingerprint density at radius 1 is 1.58 bits per heavy atom. The average molecular weight is 185 g/mol. The molecule has 70 valence electrons. The number of nitrogens with one attached hydrogen (secondary N) is 1. The molecule has 0 aliphatic rings. The van der Waals surface area contributed by atoms with Crippen LogP contribution in [0.5, 0.6) is 0 Å². The summed E-state index contributed by atoms with van der Waals surface area (Å²) in [7, 11) is 0. The third-order valence-electron chi connectivity index (χ3n) is 1.72. The monoisotopic (exact) mass is 185 g/mol. The van der Waals surface area contributed by atoms with Crippen LogP contribution in [0, 0.1) is 12.3 Å². The predicted octanol–water partition coefficient (Wildman–Crippen LogP) is 2.13. The van der Waals surface area contributed by atoms with E-state index in [1.54, 1.807) is 0 Å². The van der Waals surface area contributed by atoms with Crippen molar-refractivity contribution in [1.29, 1.82) is 0 Å². The largest absolute Gasteiger partial charge is 0.313 e. The Balaban J connectivity index is 3.48. The first-order valence-corrected chi connectivity index (χ1v) is 5.90. The van der Waals surface area contributed by atoms with Crippen LogP contribution in [0.15, 0.2) is 0 Å². The van der Waals surface area contributed by atoms with Crippen LogP contribution >= 0.6 is 11.8 Å². The average Bonchev–Trinajstić information content (AvgIpc) is 2.10. The first kappa shape index (κ1) is 11.9. The normalized spacial score (nSPS) is 12.4. The highest BCUT2D eigenvalue weighted by Crippen LogP contribution is 2.03. The van der Waals surface area contributed by atoms with Crippen LogP contribution in [0.4, 0.5) is 0 Å². The Bertz CT molecular complexity index is 120. The number of hydrogen-bond acceptors (Lipinski definition) is 2. The number of rotatable bonds is 7. The van der Waals surface area contributed by atoms with Gasteiger partial charge in [0.15, 0.2) is 0 Å². The summed E-state index contributed by atoms with van der Waals surface area (Å²) in [6.07, 6.45) is 10.6. The van der Waals surface area contributed by atoms with Crippen molar-refractivity contribution in [2.75, 3.05) is 18.6 Å². The van der Waals surface area contributed by atoms with Crippen LogP contribution in [0.25, 0.3) is 0 Å². The second-order valence-electron chi connectivity index (χ2n) is 2.84.